The minimum absolute atomic E-state index is 0.216. The van der Waals surface area contributed by atoms with Gasteiger partial charge in [0.2, 0.25) is 10.0 Å². The standard InChI is InChI=1S/C10H9BrClNO2S3/c1-6-2-3-16-8(6)5-13-18(14,15)9-4-7(12)10(11)17-9/h2-4,13H,5H2,1H3. The van der Waals surface area contributed by atoms with Crippen molar-refractivity contribution in [1.29, 1.82) is 0 Å². The van der Waals surface area contributed by atoms with Gasteiger partial charge in [-0.1, -0.05) is 11.6 Å². The first-order valence-electron chi connectivity index (χ1n) is 4.87. The summed E-state index contributed by atoms with van der Waals surface area (Å²) in [6.45, 7) is 2.26. The lowest BCUT2D eigenvalue weighted by atomic mass is 10.3. The Kier molecular flexibility index (Phi) is 4.51. The van der Waals surface area contributed by atoms with E-state index in [1.807, 2.05) is 18.4 Å². The molecule has 0 aliphatic rings. The van der Waals surface area contributed by atoms with Gasteiger partial charge in [0.25, 0.3) is 0 Å². The molecule has 18 heavy (non-hydrogen) atoms. The van der Waals surface area contributed by atoms with Gasteiger partial charge >= 0.3 is 0 Å². The van der Waals surface area contributed by atoms with Gasteiger partial charge in [-0.15, -0.1) is 22.7 Å². The number of aryl methyl sites for hydroxylation is 1. The Bertz CT molecular complexity index is 643. The average Bonchev–Trinajstić information content (AvgIpc) is 2.84. The lowest BCUT2D eigenvalue weighted by Gasteiger charge is -2.03. The lowest BCUT2D eigenvalue weighted by molar-refractivity contribution is 0.584. The zero-order valence-electron chi connectivity index (χ0n) is 9.24. The maximum atomic E-state index is 12.0. The molecule has 98 valence electrons. The van der Waals surface area contributed by atoms with E-state index in [1.54, 1.807) is 0 Å². The smallest absolute Gasteiger partial charge is 0.206 e. The van der Waals surface area contributed by atoms with Crippen molar-refractivity contribution in [3.05, 3.63) is 36.8 Å². The number of hydrogen-bond donors (Lipinski definition) is 1. The van der Waals surface area contributed by atoms with Gasteiger partial charge in [-0.25, -0.2) is 13.1 Å². The molecule has 0 spiro atoms. The fourth-order valence-corrected chi connectivity index (χ4v) is 5.65. The molecule has 0 unspecified atom stereocenters. The zero-order valence-corrected chi connectivity index (χ0v) is 14.0. The number of halogens is 2. The quantitative estimate of drug-likeness (QED) is 0.863. The van der Waals surface area contributed by atoms with E-state index in [9.17, 15) is 8.42 Å². The lowest BCUT2D eigenvalue weighted by Crippen LogP contribution is -2.22. The van der Waals surface area contributed by atoms with Crippen LogP contribution in [0.25, 0.3) is 0 Å². The van der Waals surface area contributed by atoms with Gasteiger partial charge in [-0.3, -0.25) is 0 Å². The predicted molar refractivity (Wildman–Crippen MR) is 80.1 cm³/mol. The summed E-state index contributed by atoms with van der Waals surface area (Å²) in [6, 6.07) is 3.41. The summed E-state index contributed by atoms with van der Waals surface area (Å²) in [5.74, 6) is 0. The third-order valence-corrected chi connectivity index (χ3v) is 7.65. The first-order valence-corrected chi connectivity index (χ1v) is 9.22. The van der Waals surface area contributed by atoms with Crippen LogP contribution in [0.2, 0.25) is 5.02 Å². The number of sulfonamides is 1. The Morgan fingerprint density at radius 1 is 1.50 bits per heavy atom. The van der Waals surface area contributed by atoms with Gasteiger partial charge in [0.1, 0.15) is 4.21 Å². The van der Waals surface area contributed by atoms with Crippen molar-refractivity contribution < 1.29 is 8.42 Å². The zero-order chi connectivity index (χ0) is 13.3. The Balaban J connectivity index is 2.15. The second kappa shape index (κ2) is 5.60. The van der Waals surface area contributed by atoms with E-state index in [1.165, 1.54) is 17.4 Å². The van der Waals surface area contributed by atoms with E-state index >= 15 is 0 Å². The Morgan fingerprint density at radius 2 is 2.22 bits per heavy atom. The molecule has 0 saturated heterocycles. The van der Waals surface area contributed by atoms with E-state index < -0.39 is 10.0 Å². The van der Waals surface area contributed by atoms with Crippen LogP contribution in [0.3, 0.4) is 0 Å². The number of rotatable bonds is 4. The molecule has 2 heterocycles. The highest BCUT2D eigenvalue weighted by molar-refractivity contribution is 9.11. The molecule has 0 radical (unpaired) electrons. The van der Waals surface area contributed by atoms with Crippen LogP contribution in [0.1, 0.15) is 10.4 Å². The van der Waals surface area contributed by atoms with Gasteiger partial charge in [-0.05, 0) is 45.9 Å². The highest BCUT2D eigenvalue weighted by Gasteiger charge is 2.19. The van der Waals surface area contributed by atoms with E-state index in [-0.39, 0.29) is 4.21 Å². The van der Waals surface area contributed by atoms with Crippen LogP contribution in [-0.2, 0) is 16.6 Å². The first kappa shape index (κ1) is 14.5. The summed E-state index contributed by atoms with van der Waals surface area (Å²) in [5, 5.41) is 2.35. The maximum Gasteiger partial charge on any atom is 0.250 e. The Morgan fingerprint density at radius 3 is 2.72 bits per heavy atom. The molecule has 2 rings (SSSR count). The van der Waals surface area contributed by atoms with Crippen molar-refractivity contribution in [3.63, 3.8) is 0 Å². The topological polar surface area (TPSA) is 46.2 Å². The number of nitrogens with one attached hydrogen (secondary N) is 1. The maximum absolute atomic E-state index is 12.0. The fourth-order valence-electron chi connectivity index (χ4n) is 1.28. The minimum atomic E-state index is -3.49. The van der Waals surface area contributed by atoms with Crippen LogP contribution in [0.15, 0.2) is 25.5 Å². The molecular formula is C10H9BrClNO2S3. The second-order valence-corrected chi connectivity index (χ2v) is 9.31. The van der Waals surface area contributed by atoms with Crippen molar-refractivity contribution in [2.75, 3.05) is 0 Å². The van der Waals surface area contributed by atoms with Gasteiger partial charge < -0.3 is 0 Å². The van der Waals surface area contributed by atoms with Crippen LogP contribution in [0.4, 0.5) is 0 Å². The van der Waals surface area contributed by atoms with E-state index in [4.69, 9.17) is 11.6 Å². The molecule has 0 aromatic carbocycles. The molecule has 8 heteroatoms. The molecule has 0 amide bonds. The van der Waals surface area contributed by atoms with Crippen molar-refractivity contribution in [3.8, 4) is 0 Å². The van der Waals surface area contributed by atoms with Crippen molar-refractivity contribution in [2.24, 2.45) is 0 Å². The molecule has 0 saturated carbocycles. The largest absolute Gasteiger partial charge is 0.250 e. The van der Waals surface area contributed by atoms with Crippen LogP contribution < -0.4 is 4.72 Å². The van der Waals surface area contributed by atoms with Crippen LogP contribution >= 0.6 is 50.2 Å². The van der Waals surface area contributed by atoms with Gasteiger partial charge in [0, 0.05) is 11.4 Å². The molecule has 0 aliphatic carbocycles. The van der Waals surface area contributed by atoms with Crippen LogP contribution in [0.5, 0.6) is 0 Å². The minimum Gasteiger partial charge on any atom is -0.206 e. The highest BCUT2D eigenvalue weighted by Crippen LogP contribution is 2.34. The van der Waals surface area contributed by atoms with Crippen molar-refractivity contribution in [1.82, 2.24) is 4.72 Å². The third-order valence-electron chi connectivity index (χ3n) is 2.28. The van der Waals surface area contributed by atoms with E-state index in [0.717, 1.165) is 21.8 Å². The summed E-state index contributed by atoms with van der Waals surface area (Å²) in [5.41, 5.74) is 1.09. The fraction of sp³-hybridized carbons (Fsp3) is 0.200. The summed E-state index contributed by atoms with van der Waals surface area (Å²) in [7, 11) is -3.49. The van der Waals surface area contributed by atoms with Gasteiger partial charge in [0.05, 0.1) is 8.81 Å². The summed E-state index contributed by atoms with van der Waals surface area (Å²) < 4.78 is 27.5. The molecule has 0 aliphatic heterocycles. The number of thiophene rings is 2. The predicted octanol–water partition coefficient (Wildman–Crippen LogP) is 4.01. The van der Waals surface area contributed by atoms with E-state index in [0.29, 0.717) is 15.4 Å². The van der Waals surface area contributed by atoms with Gasteiger partial charge in [-0.2, -0.15) is 0 Å². The third kappa shape index (κ3) is 3.15. The molecule has 0 bridgehead atoms. The molecule has 2 aromatic rings. The first-order chi connectivity index (χ1) is 8.40. The summed E-state index contributed by atoms with van der Waals surface area (Å²) in [6.07, 6.45) is 0. The normalized spacial score (nSPS) is 11.9. The monoisotopic (exact) mass is 385 g/mol. The molecular weight excluding hydrogens is 378 g/mol. The number of hydrogen-bond acceptors (Lipinski definition) is 4. The molecule has 0 fully saturated rings. The molecule has 1 N–H and O–H groups in total. The van der Waals surface area contributed by atoms with Gasteiger partial charge in [0.15, 0.2) is 0 Å². The summed E-state index contributed by atoms with van der Waals surface area (Å²) >= 11 is 11.7. The summed E-state index contributed by atoms with van der Waals surface area (Å²) in [4.78, 5) is 1.01. The van der Waals surface area contributed by atoms with Crippen LogP contribution in [0, 0.1) is 6.92 Å². The van der Waals surface area contributed by atoms with Crippen molar-refractivity contribution in [2.45, 2.75) is 17.7 Å². The molecule has 0 atom stereocenters. The van der Waals surface area contributed by atoms with Crippen LogP contribution in [-0.4, -0.2) is 8.42 Å². The highest BCUT2D eigenvalue weighted by atomic mass is 79.9. The SMILES string of the molecule is Cc1ccsc1CNS(=O)(=O)c1cc(Cl)c(Br)s1. The Labute approximate surface area is 127 Å². The Hall–Kier alpha value is 0.0800. The molecule has 2 aromatic heterocycles. The average molecular weight is 387 g/mol. The van der Waals surface area contributed by atoms with Crippen molar-refractivity contribution >= 4 is 60.2 Å². The second-order valence-electron chi connectivity index (χ2n) is 3.54. The van der Waals surface area contributed by atoms with E-state index in [2.05, 4.69) is 20.7 Å². The molecule has 3 nitrogen and oxygen atoms in total.